The number of esters is 1. The highest BCUT2D eigenvalue weighted by Gasteiger charge is 2.31. The number of rotatable bonds is 6. The molecule has 1 aliphatic rings. The third-order valence-electron chi connectivity index (χ3n) is 5.32. The predicted molar refractivity (Wildman–Crippen MR) is 128 cm³/mol. The zero-order chi connectivity index (χ0) is 25.9. The molecule has 184 valence electrons. The number of ether oxygens (including phenoxy) is 2. The molecular formula is C25H20FN3O6S. The van der Waals surface area contributed by atoms with E-state index in [0.717, 1.165) is 10.4 Å². The fourth-order valence-corrected chi connectivity index (χ4v) is 5.11. The molecule has 3 aromatic rings. The van der Waals surface area contributed by atoms with Gasteiger partial charge in [0.05, 0.1) is 40.9 Å². The number of hydrogen-bond donors (Lipinski definition) is 1. The standard InChI is InChI=1S/C25H20FN3O6S/c1-2-34-25(31)20-8-7-18(14-21(20)26)28-24(30)17-6-9-23-22(13-17)29(10-11-35-23)36(32,33)19-5-3-4-16(12-19)15-27/h3-9,12-14H,2,10-11H2,1H3,(H,28,30). The first-order valence-corrected chi connectivity index (χ1v) is 12.3. The van der Waals surface area contributed by atoms with Crippen molar-refractivity contribution in [3.05, 3.63) is 83.2 Å². The largest absolute Gasteiger partial charge is 0.489 e. The van der Waals surface area contributed by atoms with Gasteiger partial charge < -0.3 is 14.8 Å². The molecule has 1 N–H and O–H groups in total. The fourth-order valence-electron chi connectivity index (χ4n) is 3.61. The van der Waals surface area contributed by atoms with Gasteiger partial charge >= 0.3 is 5.97 Å². The first-order valence-electron chi connectivity index (χ1n) is 10.8. The summed E-state index contributed by atoms with van der Waals surface area (Å²) in [6, 6.07) is 15.4. The minimum atomic E-state index is -4.06. The highest BCUT2D eigenvalue weighted by molar-refractivity contribution is 7.92. The van der Waals surface area contributed by atoms with Gasteiger partial charge in [-0.25, -0.2) is 17.6 Å². The minimum absolute atomic E-state index is 0.00226. The van der Waals surface area contributed by atoms with Crippen LogP contribution in [0.2, 0.25) is 0 Å². The SMILES string of the molecule is CCOC(=O)c1ccc(NC(=O)c2ccc3c(c2)N(S(=O)(=O)c2cccc(C#N)c2)CCO3)cc1F. The zero-order valence-corrected chi connectivity index (χ0v) is 19.8. The fraction of sp³-hybridized carbons (Fsp3) is 0.160. The summed E-state index contributed by atoms with van der Waals surface area (Å²) in [7, 11) is -4.06. The Labute approximate surface area is 206 Å². The van der Waals surface area contributed by atoms with E-state index in [0.29, 0.717) is 0 Å². The Bertz CT molecular complexity index is 1500. The van der Waals surface area contributed by atoms with Gasteiger partial charge in [-0.05, 0) is 61.5 Å². The molecule has 1 amide bonds. The van der Waals surface area contributed by atoms with Crippen molar-refractivity contribution in [1.29, 1.82) is 5.26 Å². The zero-order valence-electron chi connectivity index (χ0n) is 19.0. The van der Waals surface area contributed by atoms with Crippen molar-refractivity contribution in [3.8, 4) is 11.8 Å². The van der Waals surface area contributed by atoms with Crippen molar-refractivity contribution in [3.63, 3.8) is 0 Å². The van der Waals surface area contributed by atoms with Crippen LogP contribution in [0.4, 0.5) is 15.8 Å². The molecule has 1 heterocycles. The van der Waals surface area contributed by atoms with Gasteiger partial charge in [-0.15, -0.1) is 0 Å². The summed E-state index contributed by atoms with van der Waals surface area (Å²) in [5.41, 5.74) is 0.276. The molecule has 0 saturated carbocycles. The molecule has 0 aromatic heterocycles. The molecule has 9 nitrogen and oxygen atoms in total. The normalized spacial score (nSPS) is 12.6. The molecule has 4 rings (SSSR count). The quantitative estimate of drug-likeness (QED) is 0.502. The third kappa shape index (κ3) is 4.85. The van der Waals surface area contributed by atoms with E-state index >= 15 is 0 Å². The van der Waals surface area contributed by atoms with Crippen molar-refractivity contribution in [2.45, 2.75) is 11.8 Å². The smallest absolute Gasteiger partial charge is 0.341 e. The summed E-state index contributed by atoms with van der Waals surface area (Å²) in [6.45, 7) is 1.79. The topological polar surface area (TPSA) is 126 Å². The van der Waals surface area contributed by atoms with E-state index in [4.69, 9.17) is 14.7 Å². The van der Waals surface area contributed by atoms with E-state index in [9.17, 15) is 22.4 Å². The lowest BCUT2D eigenvalue weighted by molar-refractivity contribution is 0.0521. The number of nitrogens with one attached hydrogen (secondary N) is 1. The number of hydrogen-bond acceptors (Lipinski definition) is 7. The molecule has 0 spiro atoms. The van der Waals surface area contributed by atoms with Gasteiger partial charge in [0, 0.05) is 11.3 Å². The van der Waals surface area contributed by atoms with Gasteiger partial charge in [-0.3, -0.25) is 9.10 Å². The Morgan fingerprint density at radius 2 is 1.97 bits per heavy atom. The van der Waals surface area contributed by atoms with Crippen LogP contribution < -0.4 is 14.4 Å². The molecule has 0 fully saturated rings. The lowest BCUT2D eigenvalue weighted by atomic mass is 10.1. The van der Waals surface area contributed by atoms with Crippen LogP contribution in [0, 0.1) is 17.1 Å². The summed E-state index contributed by atoms with van der Waals surface area (Å²) < 4.78 is 52.5. The minimum Gasteiger partial charge on any atom is -0.489 e. The Morgan fingerprint density at radius 3 is 2.69 bits per heavy atom. The van der Waals surface area contributed by atoms with Crippen molar-refractivity contribution < 1.29 is 31.9 Å². The Morgan fingerprint density at radius 1 is 1.17 bits per heavy atom. The number of halogens is 1. The number of anilines is 2. The van der Waals surface area contributed by atoms with E-state index in [2.05, 4.69) is 5.32 Å². The lowest BCUT2D eigenvalue weighted by Crippen LogP contribution is -2.38. The van der Waals surface area contributed by atoms with Gasteiger partial charge in [0.25, 0.3) is 15.9 Å². The number of nitriles is 1. The van der Waals surface area contributed by atoms with Gasteiger partial charge in [-0.2, -0.15) is 5.26 Å². The molecule has 0 atom stereocenters. The molecule has 0 bridgehead atoms. The Hall–Kier alpha value is -4.43. The molecule has 11 heteroatoms. The lowest BCUT2D eigenvalue weighted by Gasteiger charge is -2.30. The summed E-state index contributed by atoms with van der Waals surface area (Å²) >= 11 is 0. The van der Waals surface area contributed by atoms with Crippen LogP contribution in [-0.4, -0.2) is 40.1 Å². The maximum absolute atomic E-state index is 14.3. The van der Waals surface area contributed by atoms with E-state index in [1.807, 2.05) is 6.07 Å². The molecule has 0 radical (unpaired) electrons. The van der Waals surface area contributed by atoms with E-state index in [1.54, 1.807) is 6.92 Å². The third-order valence-corrected chi connectivity index (χ3v) is 7.12. The summed E-state index contributed by atoms with van der Waals surface area (Å²) in [6.07, 6.45) is 0. The van der Waals surface area contributed by atoms with Crippen molar-refractivity contribution in [2.24, 2.45) is 0 Å². The maximum Gasteiger partial charge on any atom is 0.341 e. The maximum atomic E-state index is 14.3. The average molecular weight is 510 g/mol. The Balaban J connectivity index is 1.62. The first-order chi connectivity index (χ1) is 17.2. The number of nitrogens with zero attached hydrogens (tertiary/aromatic N) is 2. The second kappa shape index (κ2) is 10.1. The number of benzene rings is 3. The van der Waals surface area contributed by atoms with Crippen LogP contribution in [-0.2, 0) is 14.8 Å². The van der Waals surface area contributed by atoms with Crippen LogP contribution in [0.15, 0.2) is 65.6 Å². The van der Waals surface area contributed by atoms with Crippen LogP contribution in [0.1, 0.15) is 33.2 Å². The van der Waals surface area contributed by atoms with Gasteiger partial charge in [0.2, 0.25) is 0 Å². The van der Waals surface area contributed by atoms with Crippen LogP contribution in [0.25, 0.3) is 0 Å². The van der Waals surface area contributed by atoms with Gasteiger partial charge in [0.1, 0.15) is 18.2 Å². The molecular weight excluding hydrogens is 489 g/mol. The monoisotopic (exact) mass is 509 g/mol. The van der Waals surface area contributed by atoms with Crippen molar-refractivity contribution >= 4 is 33.3 Å². The first kappa shape index (κ1) is 24.7. The summed E-state index contributed by atoms with van der Waals surface area (Å²) in [5.74, 6) is -2.04. The van der Waals surface area contributed by atoms with Crippen molar-refractivity contribution in [2.75, 3.05) is 29.4 Å². The number of carbonyl (C=O) groups excluding carboxylic acids is 2. The second-order valence-corrected chi connectivity index (χ2v) is 9.48. The predicted octanol–water partition coefficient (Wildman–Crippen LogP) is 3.71. The molecule has 0 aliphatic carbocycles. The summed E-state index contributed by atoms with van der Waals surface area (Å²) in [5, 5.41) is 11.7. The number of fused-ring (bicyclic) bond motifs is 1. The van der Waals surface area contributed by atoms with Crippen LogP contribution in [0.3, 0.4) is 0 Å². The van der Waals surface area contributed by atoms with Crippen LogP contribution in [0.5, 0.6) is 5.75 Å². The van der Waals surface area contributed by atoms with E-state index in [-0.39, 0.29) is 58.5 Å². The van der Waals surface area contributed by atoms with E-state index < -0.39 is 27.7 Å². The average Bonchev–Trinajstić information content (AvgIpc) is 2.88. The number of amides is 1. The second-order valence-electron chi connectivity index (χ2n) is 7.62. The molecule has 0 unspecified atom stereocenters. The van der Waals surface area contributed by atoms with Crippen LogP contribution >= 0.6 is 0 Å². The molecule has 1 aliphatic heterocycles. The number of sulfonamides is 1. The molecule has 3 aromatic carbocycles. The highest BCUT2D eigenvalue weighted by Crippen LogP contribution is 2.36. The molecule has 36 heavy (non-hydrogen) atoms. The van der Waals surface area contributed by atoms with Gasteiger partial charge in [-0.1, -0.05) is 6.07 Å². The van der Waals surface area contributed by atoms with Crippen molar-refractivity contribution in [1.82, 2.24) is 0 Å². The van der Waals surface area contributed by atoms with E-state index in [1.165, 1.54) is 54.6 Å². The highest BCUT2D eigenvalue weighted by atomic mass is 32.2. The molecule has 0 saturated heterocycles. The Kier molecular flexibility index (Phi) is 6.89. The number of carbonyl (C=O) groups is 2. The van der Waals surface area contributed by atoms with Gasteiger partial charge in [0.15, 0.2) is 0 Å². The summed E-state index contributed by atoms with van der Waals surface area (Å²) in [4.78, 5) is 24.6.